The molecule has 0 unspecified atom stereocenters. The van der Waals surface area contributed by atoms with E-state index in [-0.39, 0.29) is 17.4 Å². The number of fused-ring (bicyclic) bond motifs is 1. The first-order chi connectivity index (χ1) is 19.1. The van der Waals surface area contributed by atoms with Crippen LogP contribution in [0.4, 0.5) is 8.78 Å². The number of nitrogens with one attached hydrogen (secondary N) is 1. The highest BCUT2D eigenvalue weighted by Crippen LogP contribution is 2.51. The molecule has 2 aliphatic carbocycles. The molecular formula is C31H36F2N6O. The largest absolute Gasteiger partial charge is 0.353 e. The molecule has 9 heteroatoms. The van der Waals surface area contributed by atoms with Crippen molar-refractivity contribution >= 4 is 10.9 Å². The van der Waals surface area contributed by atoms with Crippen LogP contribution in [0.2, 0.25) is 0 Å². The van der Waals surface area contributed by atoms with Crippen molar-refractivity contribution in [1.29, 1.82) is 0 Å². The lowest BCUT2D eigenvalue weighted by Gasteiger charge is -2.46. The highest BCUT2D eigenvalue weighted by Gasteiger charge is 2.48. The molecule has 3 aromatic heterocycles. The number of aromatic nitrogens is 5. The summed E-state index contributed by atoms with van der Waals surface area (Å²) >= 11 is 0. The quantitative estimate of drug-likeness (QED) is 0.346. The van der Waals surface area contributed by atoms with Crippen LogP contribution >= 0.6 is 0 Å². The molecule has 3 fully saturated rings. The van der Waals surface area contributed by atoms with Crippen LogP contribution < -0.4 is 5.56 Å². The van der Waals surface area contributed by atoms with Gasteiger partial charge in [-0.2, -0.15) is 0 Å². The Hall–Kier alpha value is -3.33. The molecule has 4 aromatic rings. The average Bonchev–Trinajstić information content (AvgIpc) is 3.52. The Morgan fingerprint density at radius 2 is 1.95 bits per heavy atom. The summed E-state index contributed by atoms with van der Waals surface area (Å²) in [4.78, 5) is 19.4. The van der Waals surface area contributed by atoms with Crippen LogP contribution in [0.15, 0.2) is 47.7 Å². The number of aryl methyl sites for hydroxylation is 1. The molecule has 1 saturated heterocycles. The Labute approximate surface area is 232 Å². The molecule has 2 saturated carbocycles. The Balaban J connectivity index is 1.27. The summed E-state index contributed by atoms with van der Waals surface area (Å²) in [5.74, 6) is -1.30. The fourth-order valence-electron chi connectivity index (χ4n) is 7.19. The van der Waals surface area contributed by atoms with E-state index in [0.29, 0.717) is 37.0 Å². The van der Waals surface area contributed by atoms with E-state index >= 15 is 0 Å². The number of rotatable bonds is 6. The van der Waals surface area contributed by atoms with Gasteiger partial charge in [0.25, 0.3) is 11.5 Å². The van der Waals surface area contributed by atoms with Crippen LogP contribution in [0.25, 0.3) is 16.6 Å². The summed E-state index contributed by atoms with van der Waals surface area (Å²) in [5.41, 5.74) is 4.38. The van der Waals surface area contributed by atoms with E-state index in [1.807, 2.05) is 29.9 Å². The molecule has 40 heavy (non-hydrogen) atoms. The van der Waals surface area contributed by atoms with Crippen LogP contribution in [-0.4, -0.2) is 48.2 Å². The van der Waals surface area contributed by atoms with Gasteiger partial charge in [0.15, 0.2) is 0 Å². The fraction of sp³-hybridized carbons (Fsp3) is 0.516. The smallest absolute Gasteiger partial charge is 0.279 e. The maximum absolute atomic E-state index is 14.0. The first kappa shape index (κ1) is 25.6. The van der Waals surface area contributed by atoms with Gasteiger partial charge in [0, 0.05) is 62.0 Å². The first-order valence-corrected chi connectivity index (χ1v) is 14.5. The number of aromatic amines is 1. The van der Waals surface area contributed by atoms with Crippen LogP contribution in [-0.2, 0) is 19.0 Å². The Bertz CT molecular complexity index is 1640. The van der Waals surface area contributed by atoms with E-state index in [4.69, 9.17) is 0 Å². The summed E-state index contributed by atoms with van der Waals surface area (Å²) in [6.45, 7) is 5.12. The zero-order valence-corrected chi connectivity index (χ0v) is 23.3. The van der Waals surface area contributed by atoms with Gasteiger partial charge in [-0.25, -0.2) is 8.78 Å². The standard InChI is InChI=1S/C31H36F2N6O/c1-19-13-30(14-19,29-36-34-18-37(29)3)22-5-4-6-24(11-22)39-17-26(21-7-8-21)25-12-23(35-27(25)28(39)40)16-38-10-9-31(32,33)20(2)15-38/h4-6,11-12,17-21,35H,7-10,13-16H2,1-3H3/t19?,20-,30?/m1/s1. The SMILES string of the molecule is CC1CC(c2cccc(-n3cc(C4CC4)c4cc(CN5CCC(F)(F)[C@H](C)C5)[nH]c4c3=O)c2)(c2nncn2C)C1. The molecule has 0 bridgehead atoms. The maximum atomic E-state index is 14.0. The number of hydrogen-bond acceptors (Lipinski definition) is 4. The molecule has 3 aliphatic rings. The van der Waals surface area contributed by atoms with Crippen LogP contribution in [0.1, 0.15) is 74.5 Å². The van der Waals surface area contributed by atoms with Crippen molar-refractivity contribution in [2.45, 2.75) is 69.8 Å². The number of pyridine rings is 1. The Kier molecular flexibility index (Phi) is 5.82. The third-order valence-corrected chi connectivity index (χ3v) is 9.52. The fourth-order valence-corrected chi connectivity index (χ4v) is 7.19. The summed E-state index contributed by atoms with van der Waals surface area (Å²) < 4.78 is 31.9. The van der Waals surface area contributed by atoms with Crippen molar-refractivity contribution < 1.29 is 8.78 Å². The summed E-state index contributed by atoms with van der Waals surface area (Å²) in [6.07, 6.45) is 7.86. The first-order valence-electron chi connectivity index (χ1n) is 14.5. The minimum Gasteiger partial charge on any atom is -0.353 e. The molecule has 1 aromatic carbocycles. The number of nitrogens with zero attached hydrogens (tertiary/aromatic N) is 5. The second kappa shape index (κ2) is 9.09. The average molecular weight is 547 g/mol. The van der Waals surface area contributed by atoms with E-state index in [1.165, 1.54) is 5.56 Å². The molecule has 0 amide bonds. The van der Waals surface area contributed by atoms with Crippen molar-refractivity contribution in [1.82, 2.24) is 29.2 Å². The van der Waals surface area contributed by atoms with Crippen molar-refractivity contribution in [3.8, 4) is 5.69 Å². The second-order valence-electron chi connectivity index (χ2n) is 12.7. The van der Waals surface area contributed by atoms with Gasteiger partial charge in [0.1, 0.15) is 17.7 Å². The maximum Gasteiger partial charge on any atom is 0.279 e. The van der Waals surface area contributed by atoms with Gasteiger partial charge < -0.3 is 9.55 Å². The lowest BCUT2D eigenvalue weighted by Crippen LogP contribution is -2.45. The van der Waals surface area contributed by atoms with E-state index in [2.05, 4.69) is 45.2 Å². The normalized spacial score (nSPS) is 26.7. The number of hydrogen-bond donors (Lipinski definition) is 1. The van der Waals surface area contributed by atoms with Gasteiger partial charge in [0.2, 0.25) is 0 Å². The molecule has 1 atom stereocenters. The number of halogens is 2. The topological polar surface area (TPSA) is 71.7 Å². The zero-order valence-electron chi connectivity index (χ0n) is 23.3. The van der Waals surface area contributed by atoms with Gasteiger partial charge in [-0.1, -0.05) is 26.0 Å². The molecule has 210 valence electrons. The molecule has 4 heterocycles. The number of benzene rings is 1. The second-order valence-corrected chi connectivity index (χ2v) is 12.7. The number of piperidine rings is 1. The van der Waals surface area contributed by atoms with E-state index in [1.54, 1.807) is 17.8 Å². The molecule has 1 N–H and O–H groups in total. The van der Waals surface area contributed by atoms with Crippen LogP contribution in [0.3, 0.4) is 0 Å². The monoisotopic (exact) mass is 546 g/mol. The molecule has 7 rings (SSSR count). The summed E-state index contributed by atoms with van der Waals surface area (Å²) in [7, 11) is 1.99. The van der Waals surface area contributed by atoms with E-state index in [9.17, 15) is 13.6 Å². The predicted octanol–water partition coefficient (Wildman–Crippen LogP) is 5.52. The van der Waals surface area contributed by atoms with Crippen LogP contribution in [0.5, 0.6) is 0 Å². The van der Waals surface area contributed by atoms with E-state index < -0.39 is 11.8 Å². The van der Waals surface area contributed by atoms with Crippen molar-refractivity contribution in [3.05, 3.63) is 75.9 Å². The third-order valence-electron chi connectivity index (χ3n) is 9.52. The lowest BCUT2D eigenvalue weighted by molar-refractivity contribution is -0.100. The molecular weight excluding hydrogens is 510 g/mol. The zero-order chi connectivity index (χ0) is 27.8. The summed E-state index contributed by atoms with van der Waals surface area (Å²) in [5, 5.41) is 9.61. The van der Waals surface area contributed by atoms with Crippen molar-refractivity contribution in [2.24, 2.45) is 18.9 Å². The number of likely N-dealkylation sites (tertiary alicyclic amines) is 1. The number of H-pyrrole nitrogens is 1. The molecule has 0 spiro atoms. The third kappa shape index (κ3) is 4.12. The predicted molar refractivity (Wildman–Crippen MR) is 150 cm³/mol. The van der Waals surface area contributed by atoms with Crippen molar-refractivity contribution in [2.75, 3.05) is 13.1 Å². The van der Waals surface area contributed by atoms with Crippen molar-refractivity contribution in [3.63, 3.8) is 0 Å². The molecule has 1 aliphatic heterocycles. The highest BCUT2D eigenvalue weighted by atomic mass is 19.3. The van der Waals surface area contributed by atoms with Gasteiger partial charge >= 0.3 is 0 Å². The van der Waals surface area contributed by atoms with Gasteiger partial charge in [0.05, 0.1) is 5.41 Å². The van der Waals surface area contributed by atoms with Gasteiger partial charge in [-0.3, -0.25) is 14.3 Å². The summed E-state index contributed by atoms with van der Waals surface area (Å²) in [6, 6.07) is 10.4. The molecule has 0 radical (unpaired) electrons. The minimum atomic E-state index is -2.61. The molecule has 7 nitrogen and oxygen atoms in total. The minimum absolute atomic E-state index is 0.0870. The van der Waals surface area contributed by atoms with Gasteiger partial charge in [-0.05, 0) is 66.8 Å². The van der Waals surface area contributed by atoms with Crippen LogP contribution in [0, 0.1) is 11.8 Å². The number of alkyl halides is 2. The Morgan fingerprint density at radius 3 is 2.62 bits per heavy atom. The Morgan fingerprint density at radius 1 is 1.15 bits per heavy atom. The highest BCUT2D eigenvalue weighted by molar-refractivity contribution is 5.84. The van der Waals surface area contributed by atoms with E-state index in [0.717, 1.165) is 53.8 Å². The lowest BCUT2D eigenvalue weighted by atomic mass is 9.58. The van der Waals surface area contributed by atoms with Gasteiger partial charge in [-0.15, -0.1) is 10.2 Å².